The maximum atomic E-state index is 5.88. The van der Waals surface area contributed by atoms with Crippen LogP contribution in [0.5, 0.6) is 0 Å². The van der Waals surface area contributed by atoms with Crippen molar-refractivity contribution in [3.05, 3.63) is 35.9 Å². The van der Waals surface area contributed by atoms with Crippen LogP contribution in [-0.2, 0) is 10.2 Å². The van der Waals surface area contributed by atoms with Crippen LogP contribution in [0.2, 0.25) is 0 Å². The second-order valence-corrected chi connectivity index (χ2v) is 5.62. The van der Waals surface area contributed by atoms with Crippen molar-refractivity contribution >= 4 is 0 Å². The largest absolute Gasteiger partial charge is 0.378 e. The lowest BCUT2D eigenvalue weighted by atomic mass is 9.73. The van der Waals surface area contributed by atoms with Gasteiger partial charge in [0.05, 0.1) is 6.10 Å². The third kappa shape index (κ3) is 3.58. The van der Waals surface area contributed by atoms with Crippen molar-refractivity contribution in [1.82, 2.24) is 5.32 Å². The molecular formula is C17H27NO. The second kappa shape index (κ2) is 7.06. The van der Waals surface area contributed by atoms with Crippen molar-refractivity contribution in [1.29, 1.82) is 0 Å². The Morgan fingerprint density at radius 2 is 2.05 bits per heavy atom. The monoisotopic (exact) mass is 261 g/mol. The summed E-state index contributed by atoms with van der Waals surface area (Å²) in [6.07, 6.45) is 5.18. The molecule has 1 aromatic carbocycles. The third-order valence-electron chi connectivity index (χ3n) is 4.42. The van der Waals surface area contributed by atoms with E-state index in [0.717, 1.165) is 32.5 Å². The highest BCUT2D eigenvalue weighted by molar-refractivity contribution is 5.26. The van der Waals surface area contributed by atoms with Crippen LogP contribution in [0.15, 0.2) is 30.3 Å². The van der Waals surface area contributed by atoms with Crippen molar-refractivity contribution in [3.8, 4) is 0 Å². The molecular weight excluding hydrogens is 234 g/mol. The molecule has 0 spiro atoms. The Morgan fingerprint density at radius 3 is 2.63 bits per heavy atom. The van der Waals surface area contributed by atoms with E-state index < -0.39 is 0 Å². The maximum absolute atomic E-state index is 5.88. The number of likely N-dealkylation sites (N-methyl/N-ethyl adjacent to an activating group) is 1. The minimum Gasteiger partial charge on any atom is -0.378 e. The van der Waals surface area contributed by atoms with Crippen LogP contribution in [0.4, 0.5) is 0 Å². The summed E-state index contributed by atoms with van der Waals surface area (Å²) >= 11 is 0. The molecule has 2 rings (SSSR count). The Bertz CT molecular complexity index is 359. The molecule has 106 valence electrons. The van der Waals surface area contributed by atoms with Crippen LogP contribution in [0.25, 0.3) is 0 Å². The molecule has 0 radical (unpaired) electrons. The molecule has 1 fully saturated rings. The summed E-state index contributed by atoms with van der Waals surface area (Å²) in [5.41, 5.74) is 1.67. The molecule has 19 heavy (non-hydrogen) atoms. The molecule has 1 aromatic rings. The Kier molecular flexibility index (Phi) is 5.41. The van der Waals surface area contributed by atoms with Crippen molar-refractivity contribution in [2.24, 2.45) is 0 Å². The van der Waals surface area contributed by atoms with E-state index in [4.69, 9.17) is 4.74 Å². The van der Waals surface area contributed by atoms with E-state index in [9.17, 15) is 0 Å². The fraction of sp³-hybridized carbons (Fsp3) is 0.647. The minimum absolute atomic E-state index is 0.215. The summed E-state index contributed by atoms with van der Waals surface area (Å²) in [6, 6.07) is 11.0. The fourth-order valence-corrected chi connectivity index (χ4v) is 3.16. The van der Waals surface area contributed by atoms with E-state index in [1.807, 2.05) is 0 Å². The molecule has 0 aromatic heterocycles. The van der Waals surface area contributed by atoms with Crippen LogP contribution in [0, 0.1) is 0 Å². The molecule has 2 atom stereocenters. The first kappa shape index (κ1) is 14.5. The lowest BCUT2D eigenvalue weighted by Gasteiger charge is -2.36. The van der Waals surface area contributed by atoms with Crippen LogP contribution in [0.1, 0.15) is 45.1 Å². The highest BCUT2D eigenvalue weighted by Crippen LogP contribution is 2.35. The summed E-state index contributed by atoms with van der Waals surface area (Å²) in [5.74, 6) is 0. The van der Waals surface area contributed by atoms with Gasteiger partial charge in [0.2, 0.25) is 0 Å². The van der Waals surface area contributed by atoms with Gasteiger partial charge in [0.1, 0.15) is 0 Å². The van der Waals surface area contributed by atoms with E-state index in [1.54, 1.807) is 0 Å². The number of benzene rings is 1. The Balaban J connectivity index is 2.19. The van der Waals surface area contributed by atoms with Gasteiger partial charge in [-0.15, -0.1) is 0 Å². The minimum atomic E-state index is 0.215. The SMILES string of the molecule is CCNCC(CC)(CC1CCCO1)c1ccccc1. The van der Waals surface area contributed by atoms with Gasteiger partial charge in [-0.3, -0.25) is 0 Å². The average molecular weight is 261 g/mol. The fourth-order valence-electron chi connectivity index (χ4n) is 3.16. The number of nitrogens with one attached hydrogen (secondary N) is 1. The highest BCUT2D eigenvalue weighted by Gasteiger charge is 2.34. The summed E-state index contributed by atoms with van der Waals surface area (Å²) in [6.45, 7) is 7.50. The molecule has 0 saturated carbocycles. The molecule has 1 N–H and O–H groups in total. The molecule has 0 amide bonds. The first-order valence-corrected chi connectivity index (χ1v) is 7.68. The highest BCUT2D eigenvalue weighted by atomic mass is 16.5. The summed E-state index contributed by atoms with van der Waals surface area (Å²) in [5, 5.41) is 3.56. The second-order valence-electron chi connectivity index (χ2n) is 5.62. The first-order chi connectivity index (χ1) is 9.30. The number of hydrogen-bond acceptors (Lipinski definition) is 2. The summed E-state index contributed by atoms with van der Waals surface area (Å²) in [4.78, 5) is 0. The topological polar surface area (TPSA) is 21.3 Å². The molecule has 1 aliphatic heterocycles. The number of ether oxygens (including phenoxy) is 1. The normalized spacial score (nSPS) is 22.3. The molecule has 1 aliphatic rings. The lowest BCUT2D eigenvalue weighted by molar-refractivity contribution is 0.0801. The van der Waals surface area contributed by atoms with E-state index in [0.29, 0.717) is 6.10 Å². The maximum Gasteiger partial charge on any atom is 0.0585 e. The molecule has 0 aliphatic carbocycles. The van der Waals surface area contributed by atoms with E-state index in [1.165, 1.54) is 18.4 Å². The van der Waals surface area contributed by atoms with Gasteiger partial charge < -0.3 is 10.1 Å². The van der Waals surface area contributed by atoms with Crippen molar-refractivity contribution in [2.45, 2.75) is 51.0 Å². The van der Waals surface area contributed by atoms with Crippen molar-refractivity contribution in [2.75, 3.05) is 19.7 Å². The van der Waals surface area contributed by atoms with Gasteiger partial charge in [-0.2, -0.15) is 0 Å². The van der Waals surface area contributed by atoms with Gasteiger partial charge in [-0.05, 0) is 37.8 Å². The summed E-state index contributed by atoms with van der Waals surface area (Å²) in [7, 11) is 0. The van der Waals surface area contributed by atoms with Crippen molar-refractivity contribution in [3.63, 3.8) is 0 Å². The molecule has 1 saturated heterocycles. The van der Waals surface area contributed by atoms with E-state index >= 15 is 0 Å². The van der Waals surface area contributed by atoms with Gasteiger partial charge in [0.25, 0.3) is 0 Å². The van der Waals surface area contributed by atoms with Gasteiger partial charge >= 0.3 is 0 Å². The quantitative estimate of drug-likeness (QED) is 0.811. The molecule has 1 heterocycles. The van der Waals surface area contributed by atoms with Gasteiger partial charge in [-0.25, -0.2) is 0 Å². The lowest BCUT2D eigenvalue weighted by Crippen LogP contribution is -2.40. The van der Waals surface area contributed by atoms with Crippen molar-refractivity contribution < 1.29 is 4.74 Å². The number of hydrogen-bond donors (Lipinski definition) is 1. The van der Waals surface area contributed by atoms with Crippen LogP contribution < -0.4 is 5.32 Å². The molecule has 2 nitrogen and oxygen atoms in total. The van der Waals surface area contributed by atoms with Crippen LogP contribution in [0.3, 0.4) is 0 Å². The number of rotatable bonds is 7. The average Bonchev–Trinajstić information content (AvgIpc) is 2.97. The van der Waals surface area contributed by atoms with Gasteiger partial charge in [-0.1, -0.05) is 44.2 Å². The smallest absolute Gasteiger partial charge is 0.0585 e. The third-order valence-corrected chi connectivity index (χ3v) is 4.42. The van der Waals surface area contributed by atoms with E-state index in [-0.39, 0.29) is 5.41 Å². The predicted octanol–water partition coefficient (Wildman–Crippen LogP) is 3.51. The zero-order chi connectivity index (χ0) is 13.6. The Labute approximate surface area is 117 Å². The van der Waals surface area contributed by atoms with Gasteiger partial charge in [0, 0.05) is 18.6 Å². The zero-order valence-electron chi connectivity index (χ0n) is 12.3. The summed E-state index contributed by atoms with van der Waals surface area (Å²) < 4.78 is 5.88. The Morgan fingerprint density at radius 1 is 1.26 bits per heavy atom. The van der Waals surface area contributed by atoms with E-state index in [2.05, 4.69) is 49.5 Å². The zero-order valence-corrected chi connectivity index (χ0v) is 12.3. The molecule has 2 unspecified atom stereocenters. The molecule has 0 bridgehead atoms. The first-order valence-electron chi connectivity index (χ1n) is 7.68. The standard InChI is InChI=1S/C17H27NO/c1-3-17(14-18-4-2,13-16-11-8-12-19-16)15-9-6-5-7-10-15/h5-7,9-10,16,18H,3-4,8,11-14H2,1-2H3. The predicted molar refractivity (Wildman–Crippen MR) is 80.5 cm³/mol. The Hall–Kier alpha value is -0.860. The molecule has 2 heteroatoms. The van der Waals surface area contributed by atoms with Crippen LogP contribution >= 0.6 is 0 Å². The van der Waals surface area contributed by atoms with Crippen LogP contribution in [-0.4, -0.2) is 25.8 Å². The van der Waals surface area contributed by atoms with Gasteiger partial charge in [0.15, 0.2) is 0 Å².